The Bertz CT molecular complexity index is 678. The first-order valence-electron chi connectivity index (χ1n) is 8.01. The number of hydrogen-bond acceptors (Lipinski definition) is 1. The van der Waals surface area contributed by atoms with Crippen molar-refractivity contribution in [3.8, 4) is 0 Å². The number of hydrogen-bond donors (Lipinski definition) is 0. The molecule has 0 atom stereocenters. The summed E-state index contributed by atoms with van der Waals surface area (Å²) < 4.78 is 0. The van der Waals surface area contributed by atoms with Crippen LogP contribution in [0.25, 0.3) is 12.2 Å². The zero-order valence-corrected chi connectivity index (χ0v) is 13.8. The monoisotopic (exact) mass is 314 g/mol. The van der Waals surface area contributed by atoms with Gasteiger partial charge in [0.15, 0.2) is 5.78 Å². The summed E-state index contributed by atoms with van der Waals surface area (Å²) in [6, 6.07) is 16.2. The lowest BCUT2D eigenvalue weighted by molar-refractivity contribution is -0.110. The van der Waals surface area contributed by atoms with Gasteiger partial charge in [-0.15, -0.1) is 13.2 Å². The molecule has 24 heavy (non-hydrogen) atoms. The van der Waals surface area contributed by atoms with E-state index in [4.69, 9.17) is 0 Å². The van der Waals surface area contributed by atoms with Gasteiger partial charge >= 0.3 is 0 Å². The average molecular weight is 314 g/mol. The normalized spacial score (nSPS) is 11.0. The van der Waals surface area contributed by atoms with Gasteiger partial charge in [0.2, 0.25) is 0 Å². The van der Waals surface area contributed by atoms with Crippen LogP contribution < -0.4 is 0 Å². The van der Waals surface area contributed by atoms with E-state index in [1.54, 1.807) is 12.2 Å². The van der Waals surface area contributed by atoms with Gasteiger partial charge in [-0.2, -0.15) is 0 Å². The molecule has 0 aliphatic rings. The Kier molecular flexibility index (Phi) is 6.73. The van der Waals surface area contributed by atoms with E-state index in [0.717, 1.165) is 24.0 Å². The van der Waals surface area contributed by atoms with Crippen molar-refractivity contribution >= 4 is 17.9 Å². The van der Waals surface area contributed by atoms with E-state index in [-0.39, 0.29) is 5.78 Å². The van der Waals surface area contributed by atoms with Crippen molar-refractivity contribution in [2.75, 3.05) is 0 Å². The molecular weight excluding hydrogens is 292 g/mol. The summed E-state index contributed by atoms with van der Waals surface area (Å²) in [5, 5.41) is 0. The lowest BCUT2D eigenvalue weighted by Gasteiger charge is -1.98. The Morgan fingerprint density at radius 2 is 1.08 bits per heavy atom. The summed E-state index contributed by atoms with van der Waals surface area (Å²) in [5.74, 6) is -0.0275. The molecule has 0 aromatic heterocycles. The molecule has 120 valence electrons. The summed E-state index contributed by atoms with van der Waals surface area (Å²) in [6.07, 6.45) is 12.3. The molecule has 0 unspecified atom stereocenters. The first-order valence-corrected chi connectivity index (χ1v) is 8.01. The van der Waals surface area contributed by atoms with Crippen LogP contribution >= 0.6 is 0 Å². The average Bonchev–Trinajstić information content (AvgIpc) is 2.61. The molecule has 0 fully saturated rings. The van der Waals surface area contributed by atoms with Gasteiger partial charge in [-0.1, -0.05) is 72.8 Å². The topological polar surface area (TPSA) is 17.1 Å². The molecule has 2 aromatic rings. The van der Waals surface area contributed by atoms with Crippen molar-refractivity contribution in [2.24, 2.45) is 0 Å². The van der Waals surface area contributed by atoms with Crippen molar-refractivity contribution in [2.45, 2.75) is 12.8 Å². The van der Waals surface area contributed by atoms with Crippen molar-refractivity contribution < 1.29 is 4.79 Å². The Morgan fingerprint density at radius 1 is 0.708 bits per heavy atom. The van der Waals surface area contributed by atoms with Crippen molar-refractivity contribution in [3.05, 3.63) is 108 Å². The van der Waals surface area contributed by atoms with Crippen LogP contribution in [0.5, 0.6) is 0 Å². The van der Waals surface area contributed by atoms with Gasteiger partial charge in [0.05, 0.1) is 0 Å². The number of ketones is 1. The quantitative estimate of drug-likeness (QED) is 0.468. The third-order valence-corrected chi connectivity index (χ3v) is 3.60. The molecule has 1 heteroatoms. The van der Waals surface area contributed by atoms with Gasteiger partial charge < -0.3 is 0 Å². The van der Waals surface area contributed by atoms with E-state index in [2.05, 4.69) is 13.2 Å². The van der Waals surface area contributed by atoms with E-state index in [1.165, 1.54) is 11.1 Å². The standard InChI is InChI=1S/C23H22O/c1-3-5-19-7-11-21(12-8-19)15-17-23(24)18-16-22-13-9-20(6-4-2)10-14-22/h3-4,7-18H,1-2,5-6H2. The first-order chi connectivity index (χ1) is 11.7. The van der Waals surface area contributed by atoms with Crippen molar-refractivity contribution in [1.29, 1.82) is 0 Å². The van der Waals surface area contributed by atoms with E-state index < -0.39 is 0 Å². The van der Waals surface area contributed by atoms with Crippen molar-refractivity contribution in [1.82, 2.24) is 0 Å². The summed E-state index contributed by atoms with van der Waals surface area (Å²) >= 11 is 0. The second-order valence-electron chi connectivity index (χ2n) is 5.54. The molecule has 0 N–H and O–H groups in total. The zero-order valence-electron chi connectivity index (χ0n) is 13.8. The maximum Gasteiger partial charge on any atom is 0.178 e. The molecule has 0 spiro atoms. The largest absolute Gasteiger partial charge is 0.290 e. The highest BCUT2D eigenvalue weighted by Crippen LogP contribution is 2.09. The van der Waals surface area contributed by atoms with Gasteiger partial charge in [0.1, 0.15) is 0 Å². The number of carbonyl (C=O) groups excluding carboxylic acids is 1. The number of rotatable bonds is 8. The predicted molar refractivity (Wildman–Crippen MR) is 104 cm³/mol. The summed E-state index contributed by atoms with van der Waals surface area (Å²) in [5.41, 5.74) is 4.46. The smallest absolute Gasteiger partial charge is 0.178 e. The number of carbonyl (C=O) groups is 1. The molecule has 0 amide bonds. The number of allylic oxidation sites excluding steroid dienone is 4. The van der Waals surface area contributed by atoms with Gasteiger partial charge in [-0.05, 0) is 47.2 Å². The highest BCUT2D eigenvalue weighted by atomic mass is 16.1. The molecule has 0 aliphatic carbocycles. The fraction of sp³-hybridized carbons (Fsp3) is 0.0870. The third kappa shape index (κ3) is 5.69. The van der Waals surface area contributed by atoms with Crippen LogP contribution in [0.15, 0.2) is 86.0 Å². The van der Waals surface area contributed by atoms with E-state index >= 15 is 0 Å². The molecule has 2 aromatic carbocycles. The minimum Gasteiger partial charge on any atom is -0.290 e. The molecule has 0 saturated carbocycles. The first kappa shape index (κ1) is 17.4. The molecule has 0 radical (unpaired) electrons. The number of benzene rings is 2. The molecule has 0 aliphatic heterocycles. The van der Waals surface area contributed by atoms with Gasteiger partial charge in [-0.25, -0.2) is 0 Å². The van der Waals surface area contributed by atoms with Crippen LogP contribution in [-0.4, -0.2) is 5.78 Å². The molecule has 2 rings (SSSR count). The van der Waals surface area contributed by atoms with Crippen LogP contribution in [0.4, 0.5) is 0 Å². The lowest BCUT2D eigenvalue weighted by atomic mass is 10.1. The van der Waals surface area contributed by atoms with Crippen molar-refractivity contribution in [3.63, 3.8) is 0 Å². The SMILES string of the molecule is C=CCc1ccc(C=CC(=O)C=Cc2ccc(CC=C)cc2)cc1. The van der Waals surface area contributed by atoms with Crippen LogP contribution in [0, 0.1) is 0 Å². The van der Waals surface area contributed by atoms with Gasteiger partial charge in [-0.3, -0.25) is 4.79 Å². The third-order valence-electron chi connectivity index (χ3n) is 3.60. The summed E-state index contributed by atoms with van der Waals surface area (Å²) in [6.45, 7) is 7.45. The maximum atomic E-state index is 11.9. The highest BCUT2D eigenvalue weighted by molar-refractivity contribution is 6.04. The van der Waals surface area contributed by atoms with Crippen LogP contribution in [0.1, 0.15) is 22.3 Å². The molecule has 0 heterocycles. The minimum absolute atomic E-state index is 0.0275. The van der Waals surface area contributed by atoms with Crippen LogP contribution in [0.2, 0.25) is 0 Å². The molecular formula is C23H22O. The maximum absolute atomic E-state index is 11.9. The van der Waals surface area contributed by atoms with Crippen LogP contribution in [0.3, 0.4) is 0 Å². The second kappa shape index (κ2) is 9.26. The lowest BCUT2D eigenvalue weighted by Crippen LogP contribution is -1.86. The highest BCUT2D eigenvalue weighted by Gasteiger charge is 1.94. The predicted octanol–water partition coefficient (Wildman–Crippen LogP) is 5.44. The summed E-state index contributed by atoms with van der Waals surface area (Å²) in [4.78, 5) is 11.9. The Morgan fingerprint density at radius 3 is 1.42 bits per heavy atom. The van der Waals surface area contributed by atoms with E-state index in [0.29, 0.717) is 0 Å². The fourth-order valence-electron chi connectivity index (χ4n) is 2.28. The minimum atomic E-state index is -0.0275. The fourth-order valence-corrected chi connectivity index (χ4v) is 2.28. The van der Waals surface area contributed by atoms with Gasteiger partial charge in [0.25, 0.3) is 0 Å². The molecule has 0 bridgehead atoms. The Hall–Kier alpha value is -2.93. The molecule has 0 saturated heterocycles. The van der Waals surface area contributed by atoms with Crippen LogP contribution in [-0.2, 0) is 17.6 Å². The van der Waals surface area contributed by atoms with E-state index in [9.17, 15) is 4.79 Å². The Labute approximate surface area is 144 Å². The van der Waals surface area contributed by atoms with E-state index in [1.807, 2.05) is 72.8 Å². The zero-order chi connectivity index (χ0) is 17.2. The Balaban J connectivity index is 1.93. The second-order valence-corrected chi connectivity index (χ2v) is 5.54. The summed E-state index contributed by atoms with van der Waals surface area (Å²) in [7, 11) is 0. The van der Waals surface area contributed by atoms with Gasteiger partial charge in [0, 0.05) is 0 Å². The molecule has 1 nitrogen and oxygen atoms in total.